The summed E-state index contributed by atoms with van der Waals surface area (Å²) >= 11 is 0. The zero-order valence-electron chi connectivity index (χ0n) is 16.4. The standard InChI is InChI=1S/C25H16N3O.Ir/c1-15-9-10-17(26-3)13-21(15)22-14-28-23(12-16(22)2)20-7-4-6-18-19-8-5-11-27-25(19)29-24(18)20;/h4-6,8-14H,1-2H3;/q-1;. The first-order valence-corrected chi connectivity index (χ1v) is 9.29. The molecular weight excluding hydrogens is 551 g/mol. The van der Waals surface area contributed by atoms with E-state index in [4.69, 9.17) is 16.0 Å². The second kappa shape index (κ2) is 7.83. The minimum atomic E-state index is 0. The first-order valence-electron chi connectivity index (χ1n) is 9.29. The fourth-order valence-electron chi connectivity index (χ4n) is 3.71. The van der Waals surface area contributed by atoms with Gasteiger partial charge in [-0.05, 0) is 54.4 Å². The van der Waals surface area contributed by atoms with Crippen molar-refractivity contribution in [3.05, 3.63) is 89.5 Å². The summed E-state index contributed by atoms with van der Waals surface area (Å²) in [4.78, 5) is 12.6. The zero-order chi connectivity index (χ0) is 20.0. The van der Waals surface area contributed by atoms with E-state index in [2.05, 4.69) is 22.8 Å². The molecule has 0 saturated carbocycles. The average molecular weight is 567 g/mol. The fourth-order valence-corrected chi connectivity index (χ4v) is 3.71. The van der Waals surface area contributed by atoms with Gasteiger partial charge >= 0.3 is 0 Å². The molecule has 1 radical (unpaired) electrons. The van der Waals surface area contributed by atoms with Gasteiger partial charge in [-0.3, -0.25) is 0 Å². The topological polar surface area (TPSA) is 43.3 Å². The van der Waals surface area contributed by atoms with Gasteiger partial charge in [0.25, 0.3) is 0 Å². The number of rotatable bonds is 2. The summed E-state index contributed by atoms with van der Waals surface area (Å²) in [6.45, 7) is 11.4. The van der Waals surface area contributed by atoms with Crippen LogP contribution in [0, 0.1) is 26.5 Å². The maximum Gasteiger partial charge on any atom is 0.216 e. The monoisotopic (exact) mass is 567 g/mol. The minimum absolute atomic E-state index is 0. The van der Waals surface area contributed by atoms with E-state index in [0.717, 1.165) is 49.9 Å². The van der Waals surface area contributed by atoms with Crippen LogP contribution in [0.3, 0.4) is 0 Å². The van der Waals surface area contributed by atoms with Crippen LogP contribution in [0.2, 0.25) is 0 Å². The average Bonchev–Trinajstić information content (AvgIpc) is 3.13. The van der Waals surface area contributed by atoms with Gasteiger partial charge in [-0.1, -0.05) is 29.1 Å². The molecule has 0 atom stereocenters. The van der Waals surface area contributed by atoms with Crippen LogP contribution >= 0.6 is 0 Å². The van der Waals surface area contributed by atoms with E-state index >= 15 is 0 Å². The van der Waals surface area contributed by atoms with Crippen LogP contribution in [-0.4, -0.2) is 9.97 Å². The Labute approximate surface area is 187 Å². The molecule has 5 aromatic rings. The summed E-state index contributed by atoms with van der Waals surface area (Å²) in [5, 5.41) is 1.99. The molecule has 0 saturated heterocycles. The molecule has 0 aliphatic heterocycles. The largest absolute Gasteiger partial charge is 0.486 e. The summed E-state index contributed by atoms with van der Waals surface area (Å²) in [6, 6.07) is 18.9. The molecule has 3 aromatic heterocycles. The first-order chi connectivity index (χ1) is 14.2. The van der Waals surface area contributed by atoms with Crippen molar-refractivity contribution in [3.63, 3.8) is 0 Å². The Morgan fingerprint density at radius 2 is 1.83 bits per heavy atom. The summed E-state index contributed by atoms with van der Waals surface area (Å²) in [5.74, 6) is 0. The molecule has 0 N–H and O–H groups in total. The van der Waals surface area contributed by atoms with Crippen molar-refractivity contribution in [2.24, 2.45) is 0 Å². The number of fused-ring (bicyclic) bond motifs is 3. The van der Waals surface area contributed by atoms with Crippen LogP contribution in [0.25, 0.3) is 49.3 Å². The van der Waals surface area contributed by atoms with Crippen LogP contribution in [0.15, 0.2) is 65.3 Å². The van der Waals surface area contributed by atoms with E-state index in [0.29, 0.717) is 11.4 Å². The summed E-state index contributed by atoms with van der Waals surface area (Å²) in [7, 11) is 0. The van der Waals surface area contributed by atoms with Crippen molar-refractivity contribution in [1.82, 2.24) is 9.97 Å². The maximum absolute atomic E-state index is 7.29. The van der Waals surface area contributed by atoms with Crippen molar-refractivity contribution in [2.45, 2.75) is 13.8 Å². The predicted molar refractivity (Wildman–Crippen MR) is 115 cm³/mol. The second-order valence-corrected chi connectivity index (χ2v) is 7.05. The van der Waals surface area contributed by atoms with E-state index in [-0.39, 0.29) is 20.1 Å². The van der Waals surface area contributed by atoms with Crippen LogP contribution in [-0.2, 0) is 20.1 Å². The SMILES string of the molecule is [C-]#[N+]c1ccc(C)c(-c2cnc(-c3[c-]ccc4c3oc3ncccc34)cc2C)c1.[Ir]. The van der Waals surface area contributed by atoms with E-state index in [1.165, 1.54) is 0 Å². The first kappa shape index (κ1) is 20.0. The summed E-state index contributed by atoms with van der Waals surface area (Å²) in [5.41, 5.74) is 7.86. The summed E-state index contributed by atoms with van der Waals surface area (Å²) < 4.78 is 6.03. The molecule has 0 bridgehead atoms. The zero-order valence-corrected chi connectivity index (χ0v) is 18.8. The Morgan fingerprint density at radius 3 is 2.63 bits per heavy atom. The number of furan rings is 1. The van der Waals surface area contributed by atoms with E-state index in [1.807, 2.05) is 61.7 Å². The fraction of sp³-hybridized carbons (Fsp3) is 0.0800. The Bertz CT molecular complexity index is 1450. The number of benzene rings is 2. The third kappa shape index (κ3) is 3.21. The van der Waals surface area contributed by atoms with Crippen LogP contribution in [0.4, 0.5) is 5.69 Å². The number of nitrogens with zero attached hydrogens (tertiary/aromatic N) is 3. The normalized spacial score (nSPS) is 10.7. The Balaban J connectivity index is 0.00000218. The van der Waals surface area contributed by atoms with Gasteiger partial charge in [-0.15, -0.1) is 18.2 Å². The smallest absolute Gasteiger partial charge is 0.216 e. The quantitative estimate of drug-likeness (QED) is 0.224. The van der Waals surface area contributed by atoms with Gasteiger partial charge in [-0.25, -0.2) is 9.83 Å². The summed E-state index contributed by atoms with van der Waals surface area (Å²) in [6.07, 6.45) is 3.60. The molecule has 0 unspecified atom stereocenters. The molecular formula is C25H16IrN3O-. The Kier molecular flexibility index (Phi) is 5.22. The predicted octanol–water partition coefficient (Wildman–Crippen LogP) is 6.68. The van der Waals surface area contributed by atoms with Crippen molar-refractivity contribution in [3.8, 4) is 22.4 Å². The van der Waals surface area contributed by atoms with Crippen LogP contribution in [0.1, 0.15) is 11.1 Å². The molecule has 4 nitrogen and oxygen atoms in total. The Morgan fingerprint density at radius 1 is 0.967 bits per heavy atom. The van der Waals surface area contributed by atoms with Gasteiger partial charge in [0, 0.05) is 43.4 Å². The van der Waals surface area contributed by atoms with Gasteiger partial charge in [0.1, 0.15) is 0 Å². The number of aryl methyl sites for hydroxylation is 2. The van der Waals surface area contributed by atoms with Crippen LogP contribution < -0.4 is 0 Å². The van der Waals surface area contributed by atoms with Crippen molar-refractivity contribution in [1.29, 1.82) is 0 Å². The molecule has 0 amide bonds. The van der Waals surface area contributed by atoms with Gasteiger partial charge in [0.2, 0.25) is 5.71 Å². The third-order valence-corrected chi connectivity index (χ3v) is 5.22. The molecule has 5 heteroatoms. The minimum Gasteiger partial charge on any atom is -0.486 e. The molecule has 0 fully saturated rings. The third-order valence-electron chi connectivity index (χ3n) is 5.22. The van der Waals surface area contributed by atoms with Gasteiger partial charge in [-0.2, -0.15) is 0 Å². The van der Waals surface area contributed by atoms with Gasteiger partial charge in [0.15, 0.2) is 5.69 Å². The second-order valence-electron chi connectivity index (χ2n) is 7.05. The molecule has 2 aromatic carbocycles. The molecule has 0 aliphatic carbocycles. The number of aromatic nitrogens is 2. The maximum atomic E-state index is 7.29. The van der Waals surface area contributed by atoms with Gasteiger partial charge in [0.05, 0.1) is 12.2 Å². The molecule has 30 heavy (non-hydrogen) atoms. The molecule has 0 aliphatic rings. The van der Waals surface area contributed by atoms with E-state index < -0.39 is 0 Å². The van der Waals surface area contributed by atoms with Crippen LogP contribution in [0.5, 0.6) is 0 Å². The molecule has 147 valence electrons. The van der Waals surface area contributed by atoms with Crippen molar-refractivity contribution >= 4 is 27.8 Å². The number of pyridine rings is 2. The van der Waals surface area contributed by atoms with E-state index in [1.54, 1.807) is 6.20 Å². The number of hydrogen-bond donors (Lipinski definition) is 0. The number of hydrogen-bond acceptors (Lipinski definition) is 3. The molecule has 5 rings (SSSR count). The molecule has 0 spiro atoms. The van der Waals surface area contributed by atoms with Crippen molar-refractivity contribution in [2.75, 3.05) is 0 Å². The van der Waals surface area contributed by atoms with Crippen molar-refractivity contribution < 1.29 is 24.5 Å². The Hall–Kier alpha value is -3.32. The van der Waals surface area contributed by atoms with Gasteiger partial charge < -0.3 is 9.40 Å². The van der Waals surface area contributed by atoms with E-state index in [9.17, 15) is 0 Å². The molecule has 3 heterocycles.